The van der Waals surface area contributed by atoms with Crippen LogP contribution in [0.4, 0.5) is 5.69 Å². The van der Waals surface area contributed by atoms with Crippen molar-refractivity contribution in [3.8, 4) is 11.5 Å². The number of ether oxygens (including phenoxy) is 2. The number of hydrogen-bond donors (Lipinski definition) is 1. The molecule has 7 nitrogen and oxygen atoms in total. The highest BCUT2D eigenvalue weighted by Gasteiger charge is 2.18. The van der Waals surface area contributed by atoms with Crippen molar-refractivity contribution in [1.29, 1.82) is 0 Å². The lowest BCUT2D eigenvalue weighted by atomic mass is 10.1. The van der Waals surface area contributed by atoms with Crippen LogP contribution in [-0.2, 0) is 13.1 Å². The van der Waals surface area contributed by atoms with Gasteiger partial charge in [-0.05, 0) is 56.3 Å². The van der Waals surface area contributed by atoms with Crippen LogP contribution in [0, 0.1) is 0 Å². The summed E-state index contributed by atoms with van der Waals surface area (Å²) in [6, 6.07) is 18.8. The summed E-state index contributed by atoms with van der Waals surface area (Å²) in [5.74, 6) is 0.744. The van der Waals surface area contributed by atoms with E-state index in [-0.39, 0.29) is 11.6 Å². The molecule has 0 radical (unpaired) electrons. The molecule has 0 spiro atoms. The first-order chi connectivity index (χ1) is 16.5. The number of rotatable bonds is 8. The van der Waals surface area contributed by atoms with Crippen LogP contribution in [-0.4, -0.2) is 29.3 Å². The summed E-state index contributed by atoms with van der Waals surface area (Å²) in [7, 11) is 3.08. The maximum atomic E-state index is 13.2. The Hall–Kier alpha value is -3.65. The molecule has 0 fully saturated rings. The van der Waals surface area contributed by atoms with Gasteiger partial charge in [-0.1, -0.05) is 30.0 Å². The van der Waals surface area contributed by atoms with Crippen LogP contribution in [0.25, 0.3) is 11.0 Å². The van der Waals surface area contributed by atoms with Gasteiger partial charge in [0.25, 0.3) is 5.91 Å². The average Bonchev–Trinajstić information content (AvgIpc) is 3.13. The molecular formula is C26H27N3O4S. The smallest absolute Gasteiger partial charge is 0.329 e. The molecule has 0 aliphatic carbocycles. The van der Waals surface area contributed by atoms with Gasteiger partial charge in [-0.25, -0.2) is 4.79 Å². The third-order valence-corrected chi connectivity index (χ3v) is 6.68. The van der Waals surface area contributed by atoms with Gasteiger partial charge in [0.1, 0.15) is 0 Å². The summed E-state index contributed by atoms with van der Waals surface area (Å²) < 4.78 is 14.1. The second-order valence-electron chi connectivity index (χ2n) is 7.55. The summed E-state index contributed by atoms with van der Waals surface area (Å²) in [5.41, 5.74) is 2.65. The Bertz CT molecular complexity index is 1390. The van der Waals surface area contributed by atoms with Gasteiger partial charge < -0.3 is 14.8 Å². The van der Waals surface area contributed by atoms with E-state index in [9.17, 15) is 9.59 Å². The fourth-order valence-corrected chi connectivity index (χ4v) is 4.86. The van der Waals surface area contributed by atoms with Crippen molar-refractivity contribution in [3.63, 3.8) is 0 Å². The Morgan fingerprint density at radius 3 is 2.15 bits per heavy atom. The van der Waals surface area contributed by atoms with Crippen molar-refractivity contribution in [2.45, 2.75) is 36.7 Å². The zero-order valence-corrected chi connectivity index (χ0v) is 20.4. The Balaban J connectivity index is 1.81. The lowest BCUT2D eigenvalue weighted by Gasteiger charge is -2.14. The van der Waals surface area contributed by atoms with Gasteiger partial charge in [-0.3, -0.25) is 13.9 Å². The van der Waals surface area contributed by atoms with E-state index in [0.29, 0.717) is 35.8 Å². The summed E-state index contributed by atoms with van der Waals surface area (Å²) in [5, 5.41) is 3.05. The molecule has 0 aliphatic rings. The van der Waals surface area contributed by atoms with E-state index in [1.165, 1.54) is 18.9 Å². The number of nitrogens with zero attached hydrogens (tertiary/aromatic N) is 2. The van der Waals surface area contributed by atoms with Crippen LogP contribution in [0.2, 0.25) is 0 Å². The largest absolute Gasteiger partial charge is 0.493 e. The number of methoxy groups -OCH3 is 2. The van der Waals surface area contributed by atoms with Gasteiger partial charge >= 0.3 is 5.69 Å². The Morgan fingerprint density at radius 2 is 1.53 bits per heavy atom. The van der Waals surface area contributed by atoms with Crippen LogP contribution in [0.5, 0.6) is 11.5 Å². The minimum atomic E-state index is -0.282. The van der Waals surface area contributed by atoms with Crippen LogP contribution in [0.3, 0.4) is 0 Å². The van der Waals surface area contributed by atoms with Gasteiger partial charge in [0.2, 0.25) is 0 Å². The molecule has 0 saturated carbocycles. The Labute approximate surface area is 202 Å². The first-order valence-corrected chi connectivity index (χ1v) is 11.9. The standard InChI is InChI=1S/C26H27N3O4S/c1-5-28-20-15-19(27-25(30)17-12-13-22(32-3)23(14-17)33-4)24(34-18-10-8-7-9-11-18)16-21(20)29(6-2)26(28)31/h7-16H,5-6H2,1-4H3,(H,27,30). The topological polar surface area (TPSA) is 74.5 Å². The highest BCUT2D eigenvalue weighted by molar-refractivity contribution is 7.99. The quantitative estimate of drug-likeness (QED) is 0.375. The fourth-order valence-electron chi connectivity index (χ4n) is 3.92. The predicted molar refractivity (Wildman–Crippen MR) is 136 cm³/mol. The third-order valence-electron chi connectivity index (χ3n) is 5.62. The normalized spacial score (nSPS) is 10.9. The van der Waals surface area contributed by atoms with Crippen molar-refractivity contribution in [1.82, 2.24) is 9.13 Å². The van der Waals surface area contributed by atoms with Crippen molar-refractivity contribution in [2.75, 3.05) is 19.5 Å². The first kappa shape index (κ1) is 23.5. The van der Waals surface area contributed by atoms with E-state index in [4.69, 9.17) is 9.47 Å². The summed E-state index contributed by atoms with van der Waals surface area (Å²) in [6.07, 6.45) is 0. The number of benzene rings is 3. The maximum absolute atomic E-state index is 13.2. The highest BCUT2D eigenvalue weighted by atomic mass is 32.2. The number of hydrogen-bond acceptors (Lipinski definition) is 5. The average molecular weight is 478 g/mol. The number of carbonyl (C=O) groups is 1. The number of nitrogens with one attached hydrogen (secondary N) is 1. The zero-order valence-electron chi connectivity index (χ0n) is 19.6. The molecular weight excluding hydrogens is 450 g/mol. The number of anilines is 1. The second kappa shape index (κ2) is 10.1. The van der Waals surface area contributed by atoms with Gasteiger partial charge in [-0.2, -0.15) is 0 Å². The molecule has 4 aromatic rings. The molecule has 0 aliphatic heterocycles. The minimum absolute atomic E-state index is 0.0565. The maximum Gasteiger partial charge on any atom is 0.329 e. The zero-order chi connectivity index (χ0) is 24.2. The van der Waals surface area contributed by atoms with Gasteiger partial charge in [-0.15, -0.1) is 0 Å². The number of aryl methyl sites for hydroxylation is 2. The molecule has 1 heterocycles. The summed E-state index contributed by atoms with van der Waals surface area (Å²) in [6.45, 7) is 5.00. The fraction of sp³-hybridized carbons (Fsp3) is 0.231. The number of imidazole rings is 1. The van der Waals surface area contributed by atoms with E-state index in [0.717, 1.165) is 20.8 Å². The second-order valence-corrected chi connectivity index (χ2v) is 8.66. The molecule has 1 amide bonds. The third kappa shape index (κ3) is 4.41. The Kier molecular flexibility index (Phi) is 6.98. The molecule has 4 rings (SSSR count). The van der Waals surface area contributed by atoms with Crippen LogP contribution in [0.1, 0.15) is 24.2 Å². The number of aromatic nitrogens is 2. The van der Waals surface area contributed by atoms with E-state index in [1.807, 2.05) is 56.3 Å². The van der Waals surface area contributed by atoms with Crippen LogP contribution >= 0.6 is 11.8 Å². The monoisotopic (exact) mass is 477 g/mol. The van der Waals surface area contributed by atoms with Crippen LogP contribution < -0.4 is 20.5 Å². The van der Waals surface area contributed by atoms with E-state index < -0.39 is 0 Å². The lowest BCUT2D eigenvalue weighted by molar-refractivity contribution is 0.102. The Morgan fingerprint density at radius 1 is 0.882 bits per heavy atom. The molecule has 8 heteroatoms. The van der Waals surface area contributed by atoms with Gasteiger partial charge in [0.15, 0.2) is 11.5 Å². The van der Waals surface area contributed by atoms with Crippen LogP contribution in [0.15, 0.2) is 75.2 Å². The van der Waals surface area contributed by atoms with Crippen molar-refractivity contribution >= 4 is 34.4 Å². The molecule has 0 saturated heterocycles. The molecule has 1 N–H and O–H groups in total. The van der Waals surface area contributed by atoms with Crippen molar-refractivity contribution < 1.29 is 14.3 Å². The number of carbonyl (C=O) groups excluding carboxylic acids is 1. The highest BCUT2D eigenvalue weighted by Crippen LogP contribution is 2.37. The summed E-state index contributed by atoms with van der Waals surface area (Å²) in [4.78, 5) is 28.0. The lowest BCUT2D eigenvalue weighted by Crippen LogP contribution is -2.23. The predicted octanol–water partition coefficient (Wildman–Crippen LogP) is 5.26. The van der Waals surface area contributed by atoms with E-state index in [1.54, 1.807) is 34.4 Å². The van der Waals surface area contributed by atoms with Gasteiger partial charge in [0.05, 0.1) is 30.9 Å². The molecule has 34 heavy (non-hydrogen) atoms. The van der Waals surface area contributed by atoms with Crippen molar-refractivity contribution in [3.05, 3.63) is 76.7 Å². The SMILES string of the molecule is CCn1c(=O)n(CC)c2cc(Sc3ccccc3)c(NC(=O)c3ccc(OC)c(OC)c3)cc21. The molecule has 0 atom stereocenters. The minimum Gasteiger partial charge on any atom is -0.493 e. The number of amides is 1. The molecule has 1 aromatic heterocycles. The first-order valence-electron chi connectivity index (χ1n) is 11.0. The van der Waals surface area contributed by atoms with Gasteiger partial charge in [0, 0.05) is 28.4 Å². The molecule has 0 bridgehead atoms. The van der Waals surface area contributed by atoms with Crippen molar-refractivity contribution in [2.24, 2.45) is 0 Å². The summed E-state index contributed by atoms with van der Waals surface area (Å²) >= 11 is 1.54. The van der Waals surface area contributed by atoms with E-state index >= 15 is 0 Å². The number of fused-ring (bicyclic) bond motifs is 1. The molecule has 3 aromatic carbocycles. The molecule has 176 valence electrons. The molecule has 0 unspecified atom stereocenters. The van der Waals surface area contributed by atoms with E-state index in [2.05, 4.69) is 5.32 Å².